The van der Waals surface area contributed by atoms with Crippen molar-refractivity contribution in [3.05, 3.63) is 218 Å². The van der Waals surface area contributed by atoms with Gasteiger partial charge in [0.15, 0.2) is 0 Å². The van der Waals surface area contributed by atoms with Crippen molar-refractivity contribution in [1.82, 2.24) is 9.13 Å². The summed E-state index contributed by atoms with van der Waals surface area (Å²) in [5.74, 6) is 0.429. The first-order valence-corrected chi connectivity index (χ1v) is 21.4. The van der Waals surface area contributed by atoms with Crippen molar-refractivity contribution in [1.29, 1.82) is 0 Å². The van der Waals surface area contributed by atoms with E-state index in [1.165, 1.54) is 110 Å². The Kier molecular flexibility index (Phi) is 8.08. The third-order valence-electron chi connectivity index (χ3n) is 12.9. The predicted molar refractivity (Wildman–Crippen MR) is 261 cm³/mol. The fraction of sp³-hybridized carbons (Fsp3) is 0.0508. The molecule has 2 nitrogen and oxygen atoms in total. The number of rotatable bonds is 6. The molecule has 0 fully saturated rings. The van der Waals surface area contributed by atoms with Crippen molar-refractivity contribution in [2.24, 2.45) is 0 Å². The highest BCUT2D eigenvalue weighted by molar-refractivity contribution is 6.21. The van der Waals surface area contributed by atoms with E-state index in [9.17, 15) is 0 Å². The van der Waals surface area contributed by atoms with Gasteiger partial charge in [0, 0.05) is 32.9 Å². The van der Waals surface area contributed by atoms with Crippen LogP contribution in [-0.4, -0.2) is 9.13 Å². The van der Waals surface area contributed by atoms with Gasteiger partial charge in [-0.25, -0.2) is 0 Å². The van der Waals surface area contributed by atoms with Crippen LogP contribution in [0.2, 0.25) is 0 Å². The minimum absolute atomic E-state index is 0.429. The Balaban J connectivity index is 1.02. The highest BCUT2D eigenvalue weighted by Crippen LogP contribution is 2.45. The number of para-hydroxylation sites is 3. The van der Waals surface area contributed by atoms with E-state index in [0.717, 1.165) is 5.69 Å². The van der Waals surface area contributed by atoms with Crippen molar-refractivity contribution in [2.45, 2.75) is 19.8 Å². The monoisotopic (exact) mass is 778 g/mol. The fourth-order valence-electron chi connectivity index (χ4n) is 10.00. The molecule has 0 spiro atoms. The summed E-state index contributed by atoms with van der Waals surface area (Å²) < 4.78 is 4.83. The van der Waals surface area contributed by atoms with Crippen LogP contribution in [0.15, 0.2) is 212 Å². The maximum Gasteiger partial charge on any atom is 0.0547 e. The Bertz CT molecular complexity index is 3640. The first-order valence-electron chi connectivity index (χ1n) is 21.4. The lowest BCUT2D eigenvalue weighted by Crippen LogP contribution is -1.96. The van der Waals surface area contributed by atoms with Gasteiger partial charge in [-0.05, 0) is 121 Å². The van der Waals surface area contributed by atoms with Gasteiger partial charge in [0.1, 0.15) is 0 Å². The Hall–Kier alpha value is -7.68. The second-order valence-electron chi connectivity index (χ2n) is 16.7. The van der Waals surface area contributed by atoms with E-state index in [1.807, 2.05) is 0 Å². The molecule has 0 N–H and O–H groups in total. The van der Waals surface area contributed by atoms with Gasteiger partial charge >= 0.3 is 0 Å². The second-order valence-corrected chi connectivity index (χ2v) is 16.7. The van der Waals surface area contributed by atoms with Crippen molar-refractivity contribution < 1.29 is 0 Å². The van der Waals surface area contributed by atoms with Gasteiger partial charge in [-0.15, -0.1) is 0 Å². The van der Waals surface area contributed by atoms with Crippen LogP contribution in [0.5, 0.6) is 0 Å². The van der Waals surface area contributed by atoms with Crippen LogP contribution in [0.1, 0.15) is 25.3 Å². The number of benzene rings is 10. The Labute approximate surface area is 355 Å². The minimum Gasteiger partial charge on any atom is -0.309 e. The van der Waals surface area contributed by atoms with Crippen molar-refractivity contribution in [3.63, 3.8) is 0 Å². The number of aromatic nitrogens is 2. The van der Waals surface area contributed by atoms with E-state index in [4.69, 9.17) is 0 Å². The zero-order valence-electron chi connectivity index (χ0n) is 34.2. The van der Waals surface area contributed by atoms with Gasteiger partial charge in [-0.1, -0.05) is 172 Å². The maximum absolute atomic E-state index is 2.45. The molecule has 288 valence electrons. The van der Waals surface area contributed by atoms with Gasteiger partial charge in [0.2, 0.25) is 0 Å². The van der Waals surface area contributed by atoms with Crippen molar-refractivity contribution in [2.75, 3.05) is 0 Å². The maximum atomic E-state index is 2.45. The van der Waals surface area contributed by atoms with Crippen molar-refractivity contribution in [3.8, 4) is 44.8 Å². The molecule has 12 rings (SSSR count). The zero-order valence-corrected chi connectivity index (χ0v) is 34.2. The molecule has 0 aliphatic heterocycles. The first-order chi connectivity index (χ1) is 30.1. The zero-order chi connectivity index (χ0) is 40.6. The third kappa shape index (κ3) is 5.56. The minimum atomic E-state index is 0.429. The molecule has 12 aromatic rings. The van der Waals surface area contributed by atoms with E-state index in [2.05, 4.69) is 235 Å². The molecular weight excluding hydrogens is 737 g/mol. The van der Waals surface area contributed by atoms with Gasteiger partial charge in [-0.2, -0.15) is 0 Å². The van der Waals surface area contributed by atoms with E-state index in [0.29, 0.717) is 5.92 Å². The number of fused-ring (bicyclic) bond motifs is 8. The van der Waals surface area contributed by atoms with Crippen LogP contribution >= 0.6 is 0 Å². The Morgan fingerprint density at radius 1 is 0.279 bits per heavy atom. The van der Waals surface area contributed by atoms with Crippen LogP contribution in [0.4, 0.5) is 0 Å². The Morgan fingerprint density at radius 3 is 1.41 bits per heavy atom. The second kappa shape index (κ2) is 14.0. The topological polar surface area (TPSA) is 9.86 Å². The smallest absolute Gasteiger partial charge is 0.0547 e. The van der Waals surface area contributed by atoms with Crippen LogP contribution in [-0.2, 0) is 0 Å². The van der Waals surface area contributed by atoms with Crippen LogP contribution < -0.4 is 0 Å². The fourth-order valence-corrected chi connectivity index (χ4v) is 10.00. The number of nitrogens with zero attached hydrogens (tertiary/aromatic N) is 2. The molecule has 0 atom stereocenters. The van der Waals surface area contributed by atoms with Gasteiger partial charge in [0.25, 0.3) is 0 Å². The molecule has 0 unspecified atom stereocenters. The van der Waals surface area contributed by atoms with E-state index < -0.39 is 0 Å². The molecule has 2 heteroatoms. The molecule has 0 amide bonds. The average molecular weight is 779 g/mol. The largest absolute Gasteiger partial charge is 0.309 e. The van der Waals surface area contributed by atoms with Crippen LogP contribution in [0.25, 0.3) is 110 Å². The highest BCUT2D eigenvalue weighted by Gasteiger charge is 2.20. The Morgan fingerprint density at radius 2 is 0.721 bits per heavy atom. The summed E-state index contributed by atoms with van der Waals surface area (Å²) >= 11 is 0. The normalized spacial score (nSPS) is 11.9. The molecule has 0 bridgehead atoms. The summed E-state index contributed by atoms with van der Waals surface area (Å²) in [6, 6.07) is 78.4. The summed E-state index contributed by atoms with van der Waals surface area (Å²) in [6.45, 7) is 4.57. The summed E-state index contributed by atoms with van der Waals surface area (Å²) in [5.41, 5.74) is 15.9. The third-order valence-corrected chi connectivity index (χ3v) is 12.9. The summed E-state index contributed by atoms with van der Waals surface area (Å²) in [6.07, 6.45) is 0. The lowest BCUT2D eigenvalue weighted by molar-refractivity contribution is 0.869. The molecule has 2 aromatic heterocycles. The van der Waals surface area contributed by atoms with Crippen molar-refractivity contribution >= 4 is 65.2 Å². The highest BCUT2D eigenvalue weighted by atomic mass is 15.0. The quantitative estimate of drug-likeness (QED) is 0.149. The van der Waals surface area contributed by atoms with E-state index in [1.54, 1.807) is 0 Å². The van der Waals surface area contributed by atoms with E-state index >= 15 is 0 Å². The molecule has 0 saturated carbocycles. The molecular formula is C59H42N2. The molecule has 2 heterocycles. The molecule has 0 radical (unpaired) electrons. The van der Waals surface area contributed by atoms with Gasteiger partial charge < -0.3 is 9.13 Å². The standard InChI is InChI=1S/C59H42N2/c1-38(2)41-27-33-51-53(35-41)59(39-15-5-3-6-16-39)50-22-10-9-21-49(50)58(51)40-25-30-45(31-26-40)61-54-23-13-11-19-46(54)48-32-28-43(37-57(48)61)42-29-34-56-52(36-42)47-20-12-14-24-55(47)60(56)44-17-7-4-8-18-44/h3-38H,1-2H3. The summed E-state index contributed by atoms with van der Waals surface area (Å²) in [7, 11) is 0. The number of hydrogen-bond acceptors (Lipinski definition) is 0. The molecule has 0 saturated heterocycles. The predicted octanol–water partition coefficient (Wildman–Crippen LogP) is 16.3. The molecule has 10 aromatic carbocycles. The lowest BCUT2D eigenvalue weighted by atomic mass is 9.84. The summed E-state index contributed by atoms with van der Waals surface area (Å²) in [4.78, 5) is 0. The van der Waals surface area contributed by atoms with Gasteiger partial charge in [0.05, 0.1) is 22.1 Å². The molecule has 61 heavy (non-hydrogen) atoms. The van der Waals surface area contributed by atoms with Crippen LogP contribution in [0, 0.1) is 0 Å². The lowest BCUT2D eigenvalue weighted by Gasteiger charge is -2.19. The molecule has 0 aliphatic carbocycles. The SMILES string of the molecule is CC(C)c1ccc2c(-c3ccc(-n4c5ccccc5c5ccc(-c6ccc7c(c6)c6ccccc6n7-c6ccccc6)cc54)cc3)c3ccccc3c(-c3ccccc3)c2c1. The van der Waals surface area contributed by atoms with Gasteiger partial charge in [-0.3, -0.25) is 0 Å². The summed E-state index contributed by atoms with van der Waals surface area (Å²) in [5, 5.41) is 10.1. The number of hydrogen-bond donors (Lipinski definition) is 0. The van der Waals surface area contributed by atoms with Crippen LogP contribution in [0.3, 0.4) is 0 Å². The van der Waals surface area contributed by atoms with E-state index in [-0.39, 0.29) is 0 Å². The molecule has 0 aliphatic rings. The first kappa shape index (κ1) is 35.3. The average Bonchev–Trinajstić information content (AvgIpc) is 3.83.